The number of fused-ring (bicyclic) bond motifs is 1. The van der Waals surface area contributed by atoms with E-state index in [2.05, 4.69) is 17.6 Å². The van der Waals surface area contributed by atoms with Crippen LogP contribution in [0.3, 0.4) is 0 Å². The molecule has 5 atom stereocenters. The molecule has 3 heterocycles. The lowest BCUT2D eigenvalue weighted by Gasteiger charge is -2.34. The molecule has 0 radical (unpaired) electrons. The van der Waals surface area contributed by atoms with Crippen molar-refractivity contribution in [1.29, 1.82) is 0 Å². The number of carbonyl (C=O) groups excluding carboxylic acids is 3. The molecular formula is C28H33N3O4S. The number of nitrogens with zero attached hydrogens (tertiary/aromatic N) is 1. The van der Waals surface area contributed by atoms with Crippen LogP contribution >= 0.6 is 11.8 Å². The molecule has 0 aliphatic carbocycles. The van der Waals surface area contributed by atoms with Gasteiger partial charge >= 0.3 is 0 Å². The Balaban J connectivity index is 1.40. The number of rotatable bonds is 9. The number of benzene rings is 2. The van der Waals surface area contributed by atoms with Crippen LogP contribution in [0.4, 0.5) is 0 Å². The van der Waals surface area contributed by atoms with Crippen LogP contribution in [0.1, 0.15) is 37.3 Å². The van der Waals surface area contributed by atoms with Gasteiger partial charge in [-0.1, -0.05) is 60.7 Å². The maximum Gasteiger partial charge on any atom is 0.244 e. The highest BCUT2D eigenvalue weighted by atomic mass is 32.2. The molecule has 3 aliphatic heterocycles. The Hall–Kier alpha value is -2.84. The van der Waals surface area contributed by atoms with E-state index in [1.54, 1.807) is 16.7 Å². The average molecular weight is 508 g/mol. The van der Waals surface area contributed by atoms with Gasteiger partial charge in [0.1, 0.15) is 6.04 Å². The van der Waals surface area contributed by atoms with Crippen LogP contribution in [0.25, 0.3) is 0 Å². The van der Waals surface area contributed by atoms with Gasteiger partial charge in [0.2, 0.25) is 17.7 Å². The Morgan fingerprint density at radius 3 is 2.14 bits per heavy atom. The van der Waals surface area contributed by atoms with Gasteiger partial charge in [0, 0.05) is 31.0 Å². The fraction of sp³-hybridized carbons (Fsp3) is 0.464. The first kappa shape index (κ1) is 24.8. The van der Waals surface area contributed by atoms with Crippen molar-refractivity contribution in [3.05, 3.63) is 71.8 Å². The molecule has 5 rings (SSSR count). The zero-order valence-electron chi connectivity index (χ0n) is 20.5. The predicted octanol–water partition coefficient (Wildman–Crippen LogP) is 2.48. The number of amides is 3. The molecule has 2 bridgehead atoms. The lowest BCUT2D eigenvalue weighted by Crippen LogP contribution is -2.53. The van der Waals surface area contributed by atoms with Crippen molar-refractivity contribution in [3.63, 3.8) is 0 Å². The quantitative estimate of drug-likeness (QED) is 0.485. The zero-order chi connectivity index (χ0) is 25.3. The van der Waals surface area contributed by atoms with E-state index < -0.39 is 27.4 Å². The van der Waals surface area contributed by atoms with E-state index in [1.165, 1.54) is 0 Å². The number of aliphatic hydroxyl groups is 1. The number of thioether (sulfide) groups is 1. The van der Waals surface area contributed by atoms with Gasteiger partial charge in [-0.2, -0.15) is 0 Å². The zero-order valence-corrected chi connectivity index (χ0v) is 21.3. The largest absolute Gasteiger partial charge is 0.396 e. The van der Waals surface area contributed by atoms with Gasteiger partial charge < -0.3 is 20.6 Å². The average Bonchev–Trinajstić information content (AvgIpc) is 3.46. The summed E-state index contributed by atoms with van der Waals surface area (Å²) in [5, 5.41) is 15.6. The third-order valence-corrected chi connectivity index (χ3v) is 9.97. The molecule has 3 N–H and O–H groups in total. The fourth-order valence-corrected chi connectivity index (χ4v) is 8.74. The van der Waals surface area contributed by atoms with Crippen LogP contribution < -0.4 is 10.6 Å². The molecule has 0 aromatic heterocycles. The Kier molecular flexibility index (Phi) is 6.83. The minimum atomic E-state index is -0.663. The van der Waals surface area contributed by atoms with Crippen molar-refractivity contribution in [2.45, 2.75) is 54.8 Å². The van der Waals surface area contributed by atoms with Gasteiger partial charge in [0.15, 0.2) is 0 Å². The second-order valence-corrected chi connectivity index (χ2v) is 12.1. The van der Waals surface area contributed by atoms with Gasteiger partial charge in [-0.15, -0.1) is 11.8 Å². The summed E-state index contributed by atoms with van der Waals surface area (Å²) in [5.74, 6) is -1.51. The van der Waals surface area contributed by atoms with Crippen LogP contribution in [0.5, 0.6) is 0 Å². The lowest BCUT2D eigenvalue weighted by atomic mass is 9.66. The number of hydrogen-bond donors (Lipinski definition) is 3. The van der Waals surface area contributed by atoms with Crippen molar-refractivity contribution in [2.24, 2.45) is 11.8 Å². The molecule has 7 nitrogen and oxygen atoms in total. The first-order valence-corrected chi connectivity index (χ1v) is 13.5. The Morgan fingerprint density at radius 2 is 1.56 bits per heavy atom. The van der Waals surface area contributed by atoms with Gasteiger partial charge in [-0.25, -0.2) is 0 Å². The number of aliphatic hydroxyl groups excluding tert-OH is 1. The van der Waals surface area contributed by atoms with E-state index >= 15 is 0 Å². The van der Waals surface area contributed by atoms with Crippen LogP contribution in [0, 0.1) is 11.8 Å². The first-order chi connectivity index (χ1) is 17.4. The van der Waals surface area contributed by atoms with E-state index in [-0.39, 0.29) is 24.3 Å². The molecule has 2 aromatic carbocycles. The molecule has 2 unspecified atom stereocenters. The number of hydrogen-bond acceptors (Lipinski definition) is 5. The normalized spacial score (nSPS) is 30.3. The standard InChI is InChI=1S/C28H33N3O4S/c1-27-13-14-28(36-27)22(21(27)24(33)29-17-19-9-4-2-5-10-19)26(35)31(15-8-16-32)23(28)25(34)30-18-20-11-6-3-7-12-20/h2-7,9-12,21-23,32H,8,13-18H2,1H3,(H,29,33)(H,30,34)/t21-,22-,23?,27+,28?/m0/s1. The maximum atomic E-state index is 13.9. The van der Waals surface area contributed by atoms with Crippen molar-refractivity contribution in [2.75, 3.05) is 13.2 Å². The smallest absolute Gasteiger partial charge is 0.244 e. The summed E-state index contributed by atoms with van der Waals surface area (Å²) in [6.45, 7) is 3.09. The lowest BCUT2D eigenvalue weighted by molar-refractivity contribution is -0.140. The van der Waals surface area contributed by atoms with Gasteiger partial charge in [-0.3, -0.25) is 14.4 Å². The maximum absolute atomic E-state index is 13.9. The minimum absolute atomic E-state index is 0.0638. The third-order valence-electron chi connectivity index (χ3n) is 7.98. The molecule has 1 spiro atoms. The van der Waals surface area contributed by atoms with Crippen molar-refractivity contribution in [1.82, 2.24) is 15.5 Å². The Bertz CT molecular complexity index is 1130. The van der Waals surface area contributed by atoms with Crippen LogP contribution in [0.2, 0.25) is 0 Å². The van der Waals surface area contributed by atoms with E-state index in [0.717, 1.165) is 17.5 Å². The summed E-state index contributed by atoms with van der Waals surface area (Å²) in [7, 11) is 0. The molecule has 3 aliphatic rings. The Morgan fingerprint density at radius 1 is 0.972 bits per heavy atom. The summed E-state index contributed by atoms with van der Waals surface area (Å²) in [6, 6.07) is 18.8. The molecule has 3 saturated heterocycles. The monoisotopic (exact) mass is 507 g/mol. The molecule has 3 fully saturated rings. The second-order valence-electron chi connectivity index (χ2n) is 10.2. The molecule has 36 heavy (non-hydrogen) atoms. The van der Waals surface area contributed by atoms with Gasteiger partial charge in [0.25, 0.3) is 0 Å². The molecule has 3 amide bonds. The Labute approximate surface area is 216 Å². The van der Waals surface area contributed by atoms with Gasteiger partial charge in [0.05, 0.1) is 16.6 Å². The summed E-state index contributed by atoms with van der Waals surface area (Å²) in [6.07, 6.45) is 1.89. The summed E-state index contributed by atoms with van der Waals surface area (Å²) in [4.78, 5) is 42.7. The summed E-state index contributed by atoms with van der Waals surface area (Å²) in [5.41, 5.74) is 1.99. The molecule has 2 aromatic rings. The summed E-state index contributed by atoms with van der Waals surface area (Å²) >= 11 is 1.66. The predicted molar refractivity (Wildman–Crippen MR) is 139 cm³/mol. The molecular weight excluding hydrogens is 474 g/mol. The second kappa shape index (κ2) is 9.90. The summed E-state index contributed by atoms with van der Waals surface area (Å²) < 4.78 is -1.04. The van der Waals surface area contributed by atoms with Crippen LogP contribution in [-0.2, 0) is 27.5 Å². The van der Waals surface area contributed by atoms with Crippen molar-refractivity contribution in [3.8, 4) is 0 Å². The topological polar surface area (TPSA) is 98.7 Å². The molecule has 0 saturated carbocycles. The highest BCUT2D eigenvalue weighted by molar-refractivity contribution is 8.02. The minimum Gasteiger partial charge on any atom is -0.396 e. The van der Waals surface area contributed by atoms with Crippen molar-refractivity contribution >= 4 is 29.5 Å². The number of nitrogens with one attached hydrogen (secondary N) is 2. The molecule has 8 heteroatoms. The van der Waals surface area contributed by atoms with E-state index in [1.807, 2.05) is 60.7 Å². The van der Waals surface area contributed by atoms with Crippen LogP contribution in [-0.4, -0.2) is 56.4 Å². The van der Waals surface area contributed by atoms with Crippen molar-refractivity contribution < 1.29 is 19.5 Å². The highest BCUT2D eigenvalue weighted by Gasteiger charge is 2.76. The van der Waals surface area contributed by atoms with Crippen LogP contribution in [0.15, 0.2) is 60.7 Å². The molecule has 190 valence electrons. The number of carbonyl (C=O) groups is 3. The first-order valence-electron chi connectivity index (χ1n) is 12.6. The van der Waals surface area contributed by atoms with E-state index in [0.29, 0.717) is 32.5 Å². The van der Waals surface area contributed by atoms with E-state index in [9.17, 15) is 19.5 Å². The fourth-order valence-electron chi connectivity index (χ4n) is 6.39. The highest BCUT2D eigenvalue weighted by Crippen LogP contribution is 2.71. The van der Waals surface area contributed by atoms with Gasteiger partial charge in [-0.05, 0) is 37.3 Å². The third kappa shape index (κ3) is 4.20. The number of likely N-dealkylation sites (tertiary alicyclic amines) is 1. The van der Waals surface area contributed by atoms with E-state index in [4.69, 9.17) is 0 Å². The SMILES string of the molecule is C[C@]12CCC3(S1)C(C(=O)NCc1ccccc1)N(CCCO)C(=O)[C@@H]3[C@H]2C(=O)NCc1ccccc1.